The zero-order chi connectivity index (χ0) is 15.1. The van der Waals surface area contributed by atoms with Gasteiger partial charge in [0, 0.05) is 0 Å². The van der Waals surface area contributed by atoms with Gasteiger partial charge in [-0.15, -0.1) is 0 Å². The van der Waals surface area contributed by atoms with Gasteiger partial charge in [-0.2, -0.15) is 5.10 Å². The molecular formula is C13H18BrN3O3. The third-order valence-corrected chi connectivity index (χ3v) is 2.79. The Bertz CT molecular complexity index is 504. The molecule has 0 bridgehead atoms. The molecule has 0 aliphatic carbocycles. The fraction of sp³-hybridized carbons (Fsp3) is 0.385. The third-order valence-electron chi connectivity index (χ3n) is 2.20. The van der Waals surface area contributed by atoms with E-state index < -0.39 is 6.03 Å². The van der Waals surface area contributed by atoms with E-state index in [1.54, 1.807) is 13.2 Å². The van der Waals surface area contributed by atoms with Gasteiger partial charge in [-0.1, -0.05) is 13.8 Å². The molecule has 6 nitrogen and oxygen atoms in total. The van der Waals surface area contributed by atoms with Gasteiger partial charge in [0.15, 0.2) is 11.5 Å². The number of urea groups is 1. The average Bonchev–Trinajstić information content (AvgIpc) is 2.36. The highest BCUT2D eigenvalue weighted by atomic mass is 79.9. The molecule has 2 amide bonds. The van der Waals surface area contributed by atoms with Crippen LogP contribution in [0.15, 0.2) is 21.7 Å². The summed E-state index contributed by atoms with van der Waals surface area (Å²) in [5.41, 5.74) is 7.78. The van der Waals surface area contributed by atoms with E-state index in [4.69, 9.17) is 15.2 Å². The molecule has 0 radical (unpaired) electrons. The molecule has 0 heterocycles. The molecule has 0 fully saturated rings. The molecule has 0 saturated carbocycles. The summed E-state index contributed by atoms with van der Waals surface area (Å²) < 4.78 is 11.8. The van der Waals surface area contributed by atoms with Crippen molar-refractivity contribution in [1.29, 1.82) is 0 Å². The molecule has 0 unspecified atom stereocenters. The molecule has 0 aliphatic rings. The van der Waals surface area contributed by atoms with Crippen molar-refractivity contribution in [2.75, 3.05) is 13.7 Å². The van der Waals surface area contributed by atoms with Crippen molar-refractivity contribution < 1.29 is 14.3 Å². The van der Waals surface area contributed by atoms with Gasteiger partial charge in [0.1, 0.15) is 0 Å². The number of primary amides is 1. The minimum absolute atomic E-state index is 0.410. The number of nitrogens with two attached hydrogens (primary N) is 1. The minimum Gasteiger partial charge on any atom is -0.493 e. The number of nitrogens with zero attached hydrogens (tertiary/aromatic N) is 1. The molecule has 20 heavy (non-hydrogen) atoms. The van der Waals surface area contributed by atoms with E-state index in [9.17, 15) is 4.79 Å². The summed E-state index contributed by atoms with van der Waals surface area (Å²) in [6.07, 6.45) is 1.46. The predicted octanol–water partition coefficient (Wildman–Crippen LogP) is 2.49. The quantitative estimate of drug-likeness (QED) is 0.614. The summed E-state index contributed by atoms with van der Waals surface area (Å²) in [4.78, 5) is 10.5. The van der Waals surface area contributed by atoms with Crippen LogP contribution >= 0.6 is 15.9 Å². The molecule has 0 atom stereocenters. The van der Waals surface area contributed by atoms with Crippen LogP contribution in [-0.2, 0) is 0 Å². The SMILES string of the molecule is COc1cc(C=NNC(N)=O)cc(Br)c1OCC(C)C. The third kappa shape index (κ3) is 5.08. The molecule has 3 N–H and O–H groups in total. The smallest absolute Gasteiger partial charge is 0.332 e. The second-order valence-electron chi connectivity index (χ2n) is 4.47. The van der Waals surface area contributed by atoms with Gasteiger partial charge in [-0.3, -0.25) is 0 Å². The van der Waals surface area contributed by atoms with Crippen molar-refractivity contribution in [3.05, 3.63) is 22.2 Å². The summed E-state index contributed by atoms with van der Waals surface area (Å²) in [5, 5.41) is 3.69. The second kappa shape index (κ2) is 7.74. The summed E-state index contributed by atoms with van der Waals surface area (Å²) in [7, 11) is 1.56. The Kier molecular flexibility index (Phi) is 6.30. The van der Waals surface area contributed by atoms with E-state index in [0.29, 0.717) is 24.0 Å². The Morgan fingerprint density at radius 1 is 1.55 bits per heavy atom. The molecule has 1 aromatic rings. The minimum atomic E-state index is -0.718. The number of ether oxygens (including phenoxy) is 2. The first kappa shape index (κ1) is 16.3. The summed E-state index contributed by atoms with van der Waals surface area (Å²) in [6, 6.07) is 2.85. The maximum atomic E-state index is 10.5. The number of hydrazone groups is 1. The summed E-state index contributed by atoms with van der Waals surface area (Å²) in [5.74, 6) is 1.63. The monoisotopic (exact) mass is 343 g/mol. The second-order valence-corrected chi connectivity index (χ2v) is 5.33. The first-order valence-corrected chi connectivity index (χ1v) is 6.82. The van der Waals surface area contributed by atoms with Crippen molar-refractivity contribution in [1.82, 2.24) is 5.43 Å². The standard InChI is InChI=1S/C13H18BrN3O3/c1-8(2)7-20-12-10(14)4-9(5-11(12)19-3)6-16-17-13(15)18/h4-6,8H,7H2,1-3H3,(H3,15,17,18). The first-order chi connectivity index (χ1) is 9.43. The lowest BCUT2D eigenvalue weighted by molar-refractivity contribution is 0.249. The number of benzene rings is 1. The van der Waals surface area contributed by atoms with Gasteiger partial charge in [-0.25, -0.2) is 10.2 Å². The van der Waals surface area contributed by atoms with Gasteiger partial charge in [-0.05, 0) is 39.5 Å². The summed E-state index contributed by atoms with van der Waals surface area (Å²) >= 11 is 3.43. The first-order valence-electron chi connectivity index (χ1n) is 6.03. The fourth-order valence-electron chi connectivity index (χ4n) is 1.37. The van der Waals surface area contributed by atoms with E-state index in [1.165, 1.54) is 6.21 Å². The molecule has 0 aromatic heterocycles. The van der Waals surface area contributed by atoms with Crippen LogP contribution in [0.25, 0.3) is 0 Å². The van der Waals surface area contributed by atoms with Crippen molar-refractivity contribution >= 4 is 28.2 Å². The van der Waals surface area contributed by atoms with Crippen molar-refractivity contribution in [2.24, 2.45) is 16.8 Å². The molecule has 7 heteroatoms. The highest BCUT2D eigenvalue weighted by Crippen LogP contribution is 2.36. The number of carbonyl (C=O) groups is 1. The zero-order valence-corrected chi connectivity index (χ0v) is 13.2. The number of nitrogens with one attached hydrogen (secondary N) is 1. The van der Waals surface area contributed by atoms with E-state index in [0.717, 1.165) is 10.0 Å². The topological polar surface area (TPSA) is 85.9 Å². The molecule has 110 valence electrons. The van der Waals surface area contributed by atoms with E-state index in [1.807, 2.05) is 6.07 Å². The normalized spacial score (nSPS) is 10.8. The molecule has 0 saturated heterocycles. The Morgan fingerprint density at radius 3 is 2.80 bits per heavy atom. The largest absolute Gasteiger partial charge is 0.493 e. The van der Waals surface area contributed by atoms with Gasteiger partial charge >= 0.3 is 6.03 Å². The Hall–Kier alpha value is -1.76. The Labute approximate surface area is 126 Å². The number of carbonyl (C=O) groups excluding carboxylic acids is 1. The Morgan fingerprint density at radius 2 is 2.25 bits per heavy atom. The maximum Gasteiger partial charge on any atom is 0.332 e. The van der Waals surface area contributed by atoms with E-state index in [2.05, 4.69) is 40.3 Å². The lowest BCUT2D eigenvalue weighted by Crippen LogP contribution is -2.24. The molecular weight excluding hydrogens is 326 g/mol. The number of halogens is 1. The molecule has 1 rings (SSSR count). The molecule has 1 aromatic carbocycles. The number of methoxy groups -OCH3 is 1. The van der Waals surface area contributed by atoms with Gasteiger partial charge in [0.05, 0.1) is 24.4 Å². The van der Waals surface area contributed by atoms with Crippen LogP contribution in [0.1, 0.15) is 19.4 Å². The van der Waals surface area contributed by atoms with Crippen LogP contribution < -0.4 is 20.6 Å². The highest BCUT2D eigenvalue weighted by molar-refractivity contribution is 9.10. The van der Waals surface area contributed by atoms with Crippen LogP contribution in [-0.4, -0.2) is 26.0 Å². The number of rotatable bonds is 6. The summed E-state index contributed by atoms with van der Waals surface area (Å²) in [6.45, 7) is 4.72. The lowest BCUT2D eigenvalue weighted by atomic mass is 10.2. The lowest BCUT2D eigenvalue weighted by Gasteiger charge is -2.14. The van der Waals surface area contributed by atoms with Crippen LogP contribution in [0.5, 0.6) is 11.5 Å². The molecule has 0 aliphatic heterocycles. The van der Waals surface area contributed by atoms with Crippen molar-refractivity contribution in [2.45, 2.75) is 13.8 Å². The molecule has 0 spiro atoms. The fourth-order valence-corrected chi connectivity index (χ4v) is 1.95. The van der Waals surface area contributed by atoms with Crippen LogP contribution in [0.4, 0.5) is 4.79 Å². The highest BCUT2D eigenvalue weighted by Gasteiger charge is 2.11. The van der Waals surface area contributed by atoms with Crippen LogP contribution in [0.2, 0.25) is 0 Å². The van der Waals surface area contributed by atoms with Crippen molar-refractivity contribution in [3.8, 4) is 11.5 Å². The van der Waals surface area contributed by atoms with Crippen LogP contribution in [0, 0.1) is 5.92 Å². The number of hydrogen-bond acceptors (Lipinski definition) is 4. The van der Waals surface area contributed by atoms with E-state index in [-0.39, 0.29) is 0 Å². The van der Waals surface area contributed by atoms with Gasteiger partial charge in [0.2, 0.25) is 0 Å². The zero-order valence-electron chi connectivity index (χ0n) is 11.6. The van der Waals surface area contributed by atoms with E-state index >= 15 is 0 Å². The van der Waals surface area contributed by atoms with Gasteiger partial charge in [0.25, 0.3) is 0 Å². The predicted molar refractivity (Wildman–Crippen MR) is 81.3 cm³/mol. The van der Waals surface area contributed by atoms with Crippen molar-refractivity contribution in [3.63, 3.8) is 0 Å². The Balaban J connectivity index is 2.94. The number of hydrogen-bond donors (Lipinski definition) is 2. The average molecular weight is 344 g/mol. The van der Waals surface area contributed by atoms with Gasteiger partial charge < -0.3 is 15.2 Å². The number of amides is 2. The maximum absolute atomic E-state index is 10.5. The van der Waals surface area contributed by atoms with Crippen LogP contribution in [0.3, 0.4) is 0 Å².